The zero-order chi connectivity index (χ0) is 10.2. The second kappa shape index (κ2) is 6.23. The lowest BCUT2D eigenvalue weighted by Crippen LogP contribution is -2.13. The molecule has 0 aliphatic carbocycles. The van der Waals surface area contributed by atoms with E-state index in [9.17, 15) is 0 Å². The van der Waals surface area contributed by atoms with Crippen LogP contribution in [0.3, 0.4) is 0 Å². The van der Waals surface area contributed by atoms with E-state index < -0.39 is 0 Å². The van der Waals surface area contributed by atoms with Crippen LogP contribution in [0, 0.1) is 0 Å². The summed E-state index contributed by atoms with van der Waals surface area (Å²) in [6.45, 7) is 1.64. The summed E-state index contributed by atoms with van der Waals surface area (Å²) in [5.41, 5.74) is 6.38. The SMILES string of the molecule is COCOc1cccc(NCCN)c1. The standard InChI is InChI=1S/C10H16N2O2/c1-13-8-14-10-4-2-3-9(7-10)12-6-5-11/h2-4,7,12H,5-6,8,11H2,1H3. The van der Waals surface area contributed by atoms with E-state index >= 15 is 0 Å². The molecule has 0 radical (unpaired) electrons. The third kappa shape index (κ3) is 3.64. The van der Waals surface area contributed by atoms with Crippen molar-refractivity contribution >= 4 is 5.69 Å². The Morgan fingerprint density at radius 1 is 1.43 bits per heavy atom. The van der Waals surface area contributed by atoms with E-state index in [0.717, 1.165) is 18.0 Å². The van der Waals surface area contributed by atoms with Crippen LogP contribution < -0.4 is 15.8 Å². The molecule has 0 fully saturated rings. The van der Waals surface area contributed by atoms with Crippen molar-refractivity contribution in [2.45, 2.75) is 0 Å². The zero-order valence-corrected chi connectivity index (χ0v) is 8.32. The van der Waals surface area contributed by atoms with E-state index in [1.807, 2.05) is 24.3 Å². The number of anilines is 1. The molecular formula is C10H16N2O2. The Morgan fingerprint density at radius 2 is 2.29 bits per heavy atom. The average molecular weight is 196 g/mol. The highest BCUT2D eigenvalue weighted by Gasteiger charge is 1.95. The summed E-state index contributed by atoms with van der Waals surface area (Å²) < 4.78 is 10.1. The molecule has 0 atom stereocenters. The van der Waals surface area contributed by atoms with Gasteiger partial charge in [-0.05, 0) is 12.1 Å². The summed E-state index contributed by atoms with van der Waals surface area (Å²) in [6.07, 6.45) is 0. The van der Waals surface area contributed by atoms with E-state index in [0.29, 0.717) is 6.54 Å². The first-order chi connectivity index (χ1) is 6.86. The molecule has 0 aromatic heterocycles. The summed E-state index contributed by atoms with van der Waals surface area (Å²) in [6, 6.07) is 7.68. The first-order valence-corrected chi connectivity index (χ1v) is 4.52. The lowest BCUT2D eigenvalue weighted by molar-refractivity contribution is 0.0512. The summed E-state index contributed by atoms with van der Waals surface area (Å²) in [4.78, 5) is 0. The van der Waals surface area contributed by atoms with Gasteiger partial charge < -0.3 is 20.5 Å². The molecule has 0 amide bonds. The van der Waals surface area contributed by atoms with Gasteiger partial charge in [0.15, 0.2) is 6.79 Å². The van der Waals surface area contributed by atoms with Gasteiger partial charge in [-0.25, -0.2) is 0 Å². The molecule has 0 spiro atoms. The van der Waals surface area contributed by atoms with Gasteiger partial charge in [0.25, 0.3) is 0 Å². The molecule has 14 heavy (non-hydrogen) atoms. The molecule has 0 aliphatic rings. The van der Waals surface area contributed by atoms with Gasteiger partial charge in [0.2, 0.25) is 0 Å². The highest BCUT2D eigenvalue weighted by molar-refractivity contribution is 5.48. The number of hydrogen-bond donors (Lipinski definition) is 2. The maximum atomic E-state index is 5.38. The molecular weight excluding hydrogens is 180 g/mol. The van der Waals surface area contributed by atoms with Gasteiger partial charge >= 0.3 is 0 Å². The Labute approximate surface area is 84.0 Å². The molecule has 1 aromatic rings. The lowest BCUT2D eigenvalue weighted by atomic mass is 10.3. The van der Waals surface area contributed by atoms with Crippen LogP contribution in [-0.4, -0.2) is 27.0 Å². The van der Waals surface area contributed by atoms with Gasteiger partial charge in [-0.2, -0.15) is 0 Å². The number of benzene rings is 1. The van der Waals surface area contributed by atoms with E-state index in [2.05, 4.69) is 5.32 Å². The van der Waals surface area contributed by atoms with Crippen molar-refractivity contribution < 1.29 is 9.47 Å². The number of hydrogen-bond acceptors (Lipinski definition) is 4. The minimum Gasteiger partial charge on any atom is -0.467 e. The Kier molecular flexibility index (Phi) is 4.82. The summed E-state index contributed by atoms with van der Waals surface area (Å²) in [7, 11) is 1.59. The highest BCUT2D eigenvalue weighted by atomic mass is 16.7. The number of rotatable bonds is 6. The molecule has 78 valence electrons. The van der Waals surface area contributed by atoms with Gasteiger partial charge in [0.1, 0.15) is 5.75 Å². The summed E-state index contributed by atoms with van der Waals surface area (Å²) in [5, 5.41) is 3.17. The molecule has 1 rings (SSSR count). The smallest absolute Gasteiger partial charge is 0.188 e. The largest absolute Gasteiger partial charge is 0.467 e. The summed E-state index contributed by atoms with van der Waals surface area (Å²) in [5.74, 6) is 0.786. The molecule has 0 saturated heterocycles. The lowest BCUT2D eigenvalue weighted by Gasteiger charge is -2.08. The number of methoxy groups -OCH3 is 1. The normalized spacial score (nSPS) is 9.86. The van der Waals surface area contributed by atoms with Crippen LogP contribution >= 0.6 is 0 Å². The maximum Gasteiger partial charge on any atom is 0.188 e. The highest BCUT2D eigenvalue weighted by Crippen LogP contribution is 2.16. The van der Waals surface area contributed by atoms with Crippen LogP contribution in [0.15, 0.2) is 24.3 Å². The zero-order valence-electron chi connectivity index (χ0n) is 8.32. The minimum absolute atomic E-state index is 0.264. The van der Waals surface area contributed by atoms with Crippen LogP contribution in [-0.2, 0) is 4.74 Å². The van der Waals surface area contributed by atoms with E-state index in [1.54, 1.807) is 7.11 Å². The third-order valence-corrected chi connectivity index (χ3v) is 1.65. The van der Waals surface area contributed by atoms with Crippen molar-refractivity contribution in [1.82, 2.24) is 0 Å². The molecule has 0 heterocycles. The van der Waals surface area contributed by atoms with Crippen molar-refractivity contribution in [3.8, 4) is 5.75 Å². The Bertz CT molecular complexity index is 243. The molecule has 4 heteroatoms. The molecule has 4 nitrogen and oxygen atoms in total. The predicted octanol–water partition coefficient (Wildman–Crippen LogP) is 1.04. The van der Waals surface area contributed by atoms with Gasteiger partial charge in [-0.15, -0.1) is 0 Å². The topological polar surface area (TPSA) is 56.5 Å². The number of nitrogens with one attached hydrogen (secondary N) is 1. The van der Waals surface area contributed by atoms with Gasteiger partial charge in [0, 0.05) is 32.0 Å². The Morgan fingerprint density at radius 3 is 3.00 bits per heavy atom. The fourth-order valence-electron chi connectivity index (χ4n) is 1.04. The molecule has 1 aromatic carbocycles. The third-order valence-electron chi connectivity index (χ3n) is 1.65. The molecule has 3 N–H and O–H groups in total. The fraction of sp³-hybridized carbons (Fsp3) is 0.400. The molecule has 0 aliphatic heterocycles. The second-order valence-corrected chi connectivity index (χ2v) is 2.79. The van der Waals surface area contributed by atoms with Crippen molar-refractivity contribution in [2.24, 2.45) is 5.73 Å². The van der Waals surface area contributed by atoms with Gasteiger partial charge in [-0.3, -0.25) is 0 Å². The van der Waals surface area contributed by atoms with E-state index in [-0.39, 0.29) is 6.79 Å². The van der Waals surface area contributed by atoms with E-state index in [1.165, 1.54) is 0 Å². The van der Waals surface area contributed by atoms with Crippen LogP contribution in [0.1, 0.15) is 0 Å². The van der Waals surface area contributed by atoms with Crippen molar-refractivity contribution in [2.75, 3.05) is 32.3 Å². The van der Waals surface area contributed by atoms with Crippen LogP contribution in [0.5, 0.6) is 5.75 Å². The van der Waals surface area contributed by atoms with Crippen LogP contribution in [0.4, 0.5) is 5.69 Å². The molecule has 0 unspecified atom stereocenters. The van der Waals surface area contributed by atoms with Crippen molar-refractivity contribution in [3.05, 3.63) is 24.3 Å². The fourth-order valence-corrected chi connectivity index (χ4v) is 1.04. The second-order valence-electron chi connectivity index (χ2n) is 2.79. The Hall–Kier alpha value is -1.26. The Balaban J connectivity index is 2.50. The number of nitrogens with two attached hydrogens (primary N) is 1. The maximum absolute atomic E-state index is 5.38. The average Bonchev–Trinajstić information content (AvgIpc) is 2.24. The molecule has 0 saturated carbocycles. The first kappa shape index (κ1) is 10.8. The van der Waals surface area contributed by atoms with Crippen LogP contribution in [0.25, 0.3) is 0 Å². The van der Waals surface area contributed by atoms with E-state index in [4.69, 9.17) is 15.2 Å². The van der Waals surface area contributed by atoms with Gasteiger partial charge in [-0.1, -0.05) is 6.07 Å². The van der Waals surface area contributed by atoms with Crippen molar-refractivity contribution in [3.63, 3.8) is 0 Å². The predicted molar refractivity (Wildman–Crippen MR) is 56.5 cm³/mol. The molecule has 0 bridgehead atoms. The monoisotopic (exact) mass is 196 g/mol. The van der Waals surface area contributed by atoms with Gasteiger partial charge in [0.05, 0.1) is 0 Å². The number of ether oxygens (including phenoxy) is 2. The minimum atomic E-state index is 0.264. The first-order valence-electron chi connectivity index (χ1n) is 4.52. The van der Waals surface area contributed by atoms with Crippen molar-refractivity contribution in [1.29, 1.82) is 0 Å². The van der Waals surface area contributed by atoms with Crippen LogP contribution in [0.2, 0.25) is 0 Å². The summed E-state index contributed by atoms with van der Waals surface area (Å²) >= 11 is 0. The quantitative estimate of drug-likeness (QED) is 0.667.